The molecule has 20 heavy (non-hydrogen) atoms. The predicted octanol–water partition coefficient (Wildman–Crippen LogP) is 3.22. The second-order valence-corrected chi connectivity index (χ2v) is 4.87. The first kappa shape index (κ1) is 14.3. The molecule has 0 fully saturated rings. The van der Waals surface area contributed by atoms with Crippen LogP contribution in [0.25, 0.3) is 0 Å². The third-order valence-corrected chi connectivity index (χ3v) is 3.09. The SMILES string of the molecule is COc1ccccc1/C=N/NC(=O)c1cccc(Br)c1. The summed E-state index contributed by atoms with van der Waals surface area (Å²) < 4.78 is 6.04. The Morgan fingerprint density at radius 1 is 1.25 bits per heavy atom. The number of halogens is 1. The Bertz CT molecular complexity index is 641. The van der Waals surface area contributed by atoms with E-state index in [0.29, 0.717) is 11.3 Å². The van der Waals surface area contributed by atoms with Crippen molar-refractivity contribution >= 4 is 28.1 Å². The van der Waals surface area contributed by atoms with Gasteiger partial charge in [-0.15, -0.1) is 0 Å². The van der Waals surface area contributed by atoms with Crippen LogP contribution >= 0.6 is 15.9 Å². The van der Waals surface area contributed by atoms with Gasteiger partial charge in [-0.1, -0.05) is 34.1 Å². The van der Waals surface area contributed by atoms with Gasteiger partial charge in [-0.3, -0.25) is 4.79 Å². The van der Waals surface area contributed by atoms with Crippen LogP contribution in [0.4, 0.5) is 0 Å². The predicted molar refractivity (Wildman–Crippen MR) is 82.2 cm³/mol. The van der Waals surface area contributed by atoms with Gasteiger partial charge >= 0.3 is 0 Å². The Hall–Kier alpha value is -2.14. The Balaban J connectivity index is 2.05. The number of benzene rings is 2. The molecule has 2 rings (SSSR count). The number of carbonyl (C=O) groups excluding carboxylic acids is 1. The maximum Gasteiger partial charge on any atom is 0.271 e. The van der Waals surface area contributed by atoms with E-state index < -0.39 is 0 Å². The van der Waals surface area contributed by atoms with Crippen LogP contribution in [-0.2, 0) is 0 Å². The van der Waals surface area contributed by atoms with Crippen molar-refractivity contribution in [1.82, 2.24) is 5.43 Å². The van der Waals surface area contributed by atoms with Crippen molar-refractivity contribution in [2.75, 3.05) is 7.11 Å². The van der Waals surface area contributed by atoms with E-state index in [0.717, 1.165) is 10.0 Å². The molecular weight excluding hydrogens is 320 g/mol. The maximum atomic E-state index is 11.9. The molecule has 0 aromatic heterocycles. The first-order valence-corrected chi connectivity index (χ1v) is 6.72. The number of methoxy groups -OCH3 is 1. The zero-order chi connectivity index (χ0) is 14.4. The van der Waals surface area contributed by atoms with Crippen LogP contribution in [-0.4, -0.2) is 19.2 Å². The lowest BCUT2D eigenvalue weighted by Crippen LogP contribution is -2.17. The Labute approximate surface area is 125 Å². The van der Waals surface area contributed by atoms with Crippen LogP contribution < -0.4 is 10.2 Å². The highest BCUT2D eigenvalue weighted by molar-refractivity contribution is 9.10. The number of rotatable bonds is 4. The number of amides is 1. The third-order valence-electron chi connectivity index (χ3n) is 2.60. The summed E-state index contributed by atoms with van der Waals surface area (Å²) in [5.41, 5.74) is 3.81. The lowest BCUT2D eigenvalue weighted by atomic mass is 10.2. The van der Waals surface area contributed by atoms with Gasteiger partial charge in [0.2, 0.25) is 0 Å². The largest absolute Gasteiger partial charge is 0.496 e. The molecule has 0 aliphatic carbocycles. The number of ether oxygens (including phenoxy) is 1. The van der Waals surface area contributed by atoms with Crippen LogP contribution in [0, 0.1) is 0 Å². The van der Waals surface area contributed by atoms with E-state index in [9.17, 15) is 4.79 Å². The van der Waals surface area contributed by atoms with Gasteiger partial charge in [0.25, 0.3) is 5.91 Å². The topological polar surface area (TPSA) is 50.7 Å². The molecule has 0 saturated carbocycles. The lowest BCUT2D eigenvalue weighted by molar-refractivity contribution is 0.0955. The van der Waals surface area contributed by atoms with Crippen LogP contribution in [0.1, 0.15) is 15.9 Å². The summed E-state index contributed by atoms with van der Waals surface area (Å²) in [6.07, 6.45) is 1.55. The molecule has 0 aliphatic rings. The minimum atomic E-state index is -0.266. The highest BCUT2D eigenvalue weighted by atomic mass is 79.9. The quantitative estimate of drug-likeness (QED) is 0.690. The summed E-state index contributed by atoms with van der Waals surface area (Å²) in [5, 5.41) is 3.94. The van der Waals surface area contributed by atoms with Crippen LogP contribution in [0.3, 0.4) is 0 Å². The van der Waals surface area contributed by atoms with E-state index >= 15 is 0 Å². The maximum absolute atomic E-state index is 11.9. The third kappa shape index (κ3) is 3.68. The summed E-state index contributed by atoms with van der Waals surface area (Å²) in [5.74, 6) is 0.436. The molecule has 0 bridgehead atoms. The minimum Gasteiger partial charge on any atom is -0.496 e. The number of hydrogen-bond acceptors (Lipinski definition) is 3. The standard InChI is InChI=1S/C15H13BrN2O2/c1-20-14-8-3-2-5-12(14)10-17-18-15(19)11-6-4-7-13(16)9-11/h2-10H,1H3,(H,18,19)/b17-10+. The molecule has 2 aromatic carbocycles. The van der Waals surface area contributed by atoms with Crippen molar-refractivity contribution in [2.45, 2.75) is 0 Å². The lowest BCUT2D eigenvalue weighted by Gasteiger charge is -2.03. The van der Waals surface area contributed by atoms with Crippen LogP contribution in [0.5, 0.6) is 5.75 Å². The number of carbonyl (C=O) groups is 1. The Morgan fingerprint density at radius 3 is 2.80 bits per heavy atom. The second kappa shape index (κ2) is 6.86. The zero-order valence-electron chi connectivity index (χ0n) is 10.8. The Morgan fingerprint density at radius 2 is 2.05 bits per heavy atom. The fraction of sp³-hybridized carbons (Fsp3) is 0.0667. The van der Waals surface area contributed by atoms with Gasteiger partial charge in [-0.05, 0) is 30.3 Å². The number of nitrogens with one attached hydrogen (secondary N) is 1. The first-order valence-electron chi connectivity index (χ1n) is 5.92. The summed E-state index contributed by atoms with van der Waals surface area (Å²) >= 11 is 3.32. The van der Waals surface area contributed by atoms with Gasteiger partial charge in [0.15, 0.2) is 0 Å². The fourth-order valence-corrected chi connectivity index (χ4v) is 2.03. The van der Waals surface area contributed by atoms with Gasteiger partial charge < -0.3 is 4.74 Å². The number of hydrogen-bond donors (Lipinski definition) is 1. The van der Waals surface area contributed by atoms with E-state index in [4.69, 9.17) is 4.74 Å². The van der Waals surface area contributed by atoms with Gasteiger partial charge in [0, 0.05) is 15.6 Å². The molecule has 1 amide bonds. The molecule has 4 nitrogen and oxygen atoms in total. The van der Waals surface area contributed by atoms with Gasteiger partial charge in [-0.25, -0.2) is 5.43 Å². The molecule has 0 saturated heterocycles. The summed E-state index contributed by atoms with van der Waals surface area (Å²) in [7, 11) is 1.59. The Kier molecular flexibility index (Phi) is 4.90. The smallest absolute Gasteiger partial charge is 0.271 e. The molecule has 102 valence electrons. The summed E-state index contributed by atoms with van der Waals surface area (Å²) in [6, 6.07) is 14.5. The van der Waals surface area contributed by atoms with E-state index in [1.807, 2.05) is 30.3 Å². The molecule has 0 atom stereocenters. The average molecular weight is 333 g/mol. The highest BCUT2D eigenvalue weighted by Gasteiger charge is 2.04. The second-order valence-electron chi connectivity index (χ2n) is 3.95. The van der Waals surface area contributed by atoms with Crippen molar-refractivity contribution in [1.29, 1.82) is 0 Å². The van der Waals surface area contributed by atoms with Crippen molar-refractivity contribution in [2.24, 2.45) is 5.10 Å². The fourth-order valence-electron chi connectivity index (χ4n) is 1.63. The van der Waals surface area contributed by atoms with E-state index in [1.165, 1.54) is 0 Å². The highest BCUT2D eigenvalue weighted by Crippen LogP contribution is 2.14. The number of nitrogens with zero attached hydrogens (tertiary/aromatic N) is 1. The molecule has 0 heterocycles. The average Bonchev–Trinajstić information content (AvgIpc) is 2.47. The molecule has 5 heteroatoms. The molecule has 0 unspecified atom stereocenters. The first-order chi connectivity index (χ1) is 9.70. The van der Waals surface area contributed by atoms with Gasteiger partial charge in [-0.2, -0.15) is 5.10 Å². The monoisotopic (exact) mass is 332 g/mol. The van der Waals surface area contributed by atoms with Crippen molar-refractivity contribution < 1.29 is 9.53 Å². The van der Waals surface area contributed by atoms with Crippen LogP contribution in [0.15, 0.2) is 58.1 Å². The van der Waals surface area contributed by atoms with Gasteiger partial charge in [0.1, 0.15) is 5.75 Å². The van der Waals surface area contributed by atoms with Gasteiger partial charge in [0.05, 0.1) is 13.3 Å². The molecule has 0 spiro atoms. The van der Waals surface area contributed by atoms with E-state index in [1.54, 1.807) is 31.5 Å². The van der Waals surface area contributed by atoms with E-state index in [-0.39, 0.29) is 5.91 Å². The molecule has 1 N–H and O–H groups in total. The van der Waals surface area contributed by atoms with Crippen molar-refractivity contribution in [3.05, 3.63) is 64.1 Å². The minimum absolute atomic E-state index is 0.266. The summed E-state index contributed by atoms with van der Waals surface area (Å²) in [4.78, 5) is 11.9. The van der Waals surface area contributed by atoms with Crippen LogP contribution in [0.2, 0.25) is 0 Å². The molecule has 2 aromatic rings. The van der Waals surface area contributed by atoms with Crippen molar-refractivity contribution in [3.8, 4) is 5.75 Å². The molecular formula is C15H13BrN2O2. The van der Waals surface area contributed by atoms with E-state index in [2.05, 4.69) is 26.5 Å². The molecule has 0 aliphatic heterocycles. The zero-order valence-corrected chi connectivity index (χ0v) is 12.4. The number of hydrazone groups is 1. The number of para-hydroxylation sites is 1. The normalized spacial score (nSPS) is 10.5. The molecule has 0 radical (unpaired) electrons. The summed E-state index contributed by atoms with van der Waals surface area (Å²) in [6.45, 7) is 0. The van der Waals surface area contributed by atoms with Crippen molar-refractivity contribution in [3.63, 3.8) is 0 Å².